The number of carboxylic acids is 1. The summed E-state index contributed by atoms with van der Waals surface area (Å²) >= 11 is 1.05. The number of amides is 1. The van der Waals surface area contributed by atoms with Gasteiger partial charge in [0.05, 0.1) is 0 Å². The summed E-state index contributed by atoms with van der Waals surface area (Å²) in [6.07, 6.45) is -1.74. The Labute approximate surface area is 180 Å². The molecule has 2 atom stereocenters. The first-order valence-corrected chi connectivity index (χ1v) is 10.3. The van der Waals surface area contributed by atoms with E-state index in [9.17, 15) is 19.8 Å². The summed E-state index contributed by atoms with van der Waals surface area (Å²) in [4.78, 5) is 25.2. The van der Waals surface area contributed by atoms with Gasteiger partial charge in [-0.05, 0) is 56.0 Å². The fourth-order valence-corrected chi connectivity index (χ4v) is 3.72. The summed E-state index contributed by atoms with van der Waals surface area (Å²) < 4.78 is 12.1. The molecule has 0 aliphatic heterocycles. The maximum atomic E-state index is 13.0. The second-order valence-electron chi connectivity index (χ2n) is 7.60. The van der Waals surface area contributed by atoms with E-state index in [1.165, 1.54) is 19.2 Å². The molecule has 8 heteroatoms. The third-order valence-electron chi connectivity index (χ3n) is 4.05. The second-order valence-corrected chi connectivity index (χ2v) is 8.54. The first kappa shape index (κ1) is 23.6. The van der Waals surface area contributed by atoms with Crippen LogP contribution in [0.4, 0.5) is 4.79 Å². The summed E-state index contributed by atoms with van der Waals surface area (Å²) in [6.45, 7) is 5.15. The molecule has 30 heavy (non-hydrogen) atoms. The molecular weight excluding hydrogens is 406 g/mol. The molecule has 0 aromatic heterocycles. The lowest BCUT2D eigenvalue weighted by Gasteiger charge is -2.34. The molecular formula is C22H27NO6S. The third-order valence-corrected chi connectivity index (χ3v) is 5.17. The van der Waals surface area contributed by atoms with Gasteiger partial charge in [0.15, 0.2) is 6.04 Å². The van der Waals surface area contributed by atoms with Crippen molar-refractivity contribution in [2.24, 2.45) is 0 Å². The maximum absolute atomic E-state index is 13.0. The predicted molar refractivity (Wildman–Crippen MR) is 115 cm³/mol. The van der Waals surface area contributed by atoms with E-state index in [0.717, 1.165) is 21.8 Å². The van der Waals surface area contributed by atoms with Gasteiger partial charge in [0.2, 0.25) is 0 Å². The first-order valence-electron chi connectivity index (χ1n) is 9.36. The zero-order valence-corrected chi connectivity index (χ0v) is 18.3. The van der Waals surface area contributed by atoms with Crippen molar-refractivity contribution in [2.45, 2.75) is 44.3 Å². The molecule has 0 spiro atoms. The Bertz CT molecular complexity index is 835. The molecule has 0 bridgehead atoms. The number of aromatic hydroxyl groups is 1. The van der Waals surface area contributed by atoms with E-state index in [0.29, 0.717) is 11.3 Å². The molecule has 7 nitrogen and oxygen atoms in total. The standard InChI is InChI=1S/C22H27NO6S/c1-22(2,3)29-21(27)23(30-14-15-8-6-5-7-9-15)18(20(25)26)19(28-4)16-10-12-17(24)13-11-16/h5-13,18-19,24H,14H2,1-4H3,(H,25,26)/t18-,19?/m0/s1. The largest absolute Gasteiger partial charge is 0.508 e. The van der Waals surface area contributed by atoms with E-state index in [1.54, 1.807) is 32.9 Å². The van der Waals surface area contributed by atoms with Gasteiger partial charge in [0.1, 0.15) is 17.5 Å². The highest BCUT2D eigenvalue weighted by atomic mass is 32.2. The van der Waals surface area contributed by atoms with Gasteiger partial charge < -0.3 is 19.7 Å². The SMILES string of the molecule is COC(c1ccc(O)cc1)[C@@H](C(=O)O)N(SCc1ccccc1)C(=O)OC(C)(C)C. The van der Waals surface area contributed by atoms with E-state index >= 15 is 0 Å². The highest BCUT2D eigenvalue weighted by Crippen LogP contribution is 2.32. The molecule has 2 aromatic carbocycles. The number of nitrogens with zero attached hydrogens (tertiary/aromatic N) is 1. The van der Waals surface area contributed by atoms with Crippen molar-refractivity contribution in [2.75, 3.05) is 7.11 Å². The van der Waals surface area contributed by atoms with E-state index in [1.807, 2.05) is 30.3 Å². The van der Waals surface area contributed by atoms with Crippen molar-refractivity contribution in [1.29, 1.82) is 0 Å². The molecule has 0 radical (unpaired) electrons. The van der Waals surface area contributed by atoms with Gasteiger partial charge in [0.25, 0.3) is 0 Å². The van der Waals surface area contributed by atoms with Crippen LogP contribution in [0, 0.1) is 0 Å². The van der Waals surface area contributed by atoms with Crippen LogP contribution in [0.3, 0.4) is 0 Å². The van der Waals surface area contributed by atoms with Gasteiger partial charge in [-0.1, -0.05) is 42.5 Å². The second kappa shape index (κ2) is 10.4. The molecule has 0 fully saturated rings. The quantitative estimate of drug-likeness (QED) is 0.587. The van der Waals surface area contributed by atoms with Crippen LogP contribution in [0.2, 0.25) is 0 Å². The van der Waals surface area contributed by atoms with Crippen LogP contribution in [0.1, 0.15) is 38.0 Å². The number of benzene rings is 2. The van der Waals surface area contributed by atoms with E-state index < -0.39 is 29.8 Å². The van der Waals surface area contributed by atoms with Crippen molar-refractivity contribution < 1.29 is 29.3 Å². The number of hydrogen-bond acceptors (Lipinski definition) is 6. The van der Waals surface area contributed by atoms with Crippen LogP contribution < -0.4 is 0 Å². The van der Waals surface area contributed by atoms with Gasteiger partial charge in [0, 0.05) is 12.9 Å². The summed E-state index contributed by atoms with van der Waals surface area (Å²) in [7, 11) is 1.38. The van der Waals surface area contributed by atoms with Crippen LogP contribution in [0.5, 0.6) is 5.75 Å². The number of ether oxygens (including phenoxy) is 2. The molecule has 2 aromatic rings. The Hall–Kier alpha value is -2.71. The minimum atomic E-state index is -1.36. The van der Waals surface area contributed by atoms with Crippen molar-refractivity contribution in [3.05, 3.63) is 65.7 Å². The Morgan fingerprint density at radius 1 is 1.07 bits per heavy atom. The molecule has 1 amide bonds. The predicted octanol–water partition coefficient (Wildman–Crippen LogP) is 4.62. The van der Waals surface area contributed by atoms with Gasteiger partial charge >= 0.3 is 12.1 Å². The fraction of sp³-hybridized carbons (Fsp3) is 0.364. The Morgan fingerprint density at radius 2 is 1.67 bits per heavy atom. The van der Waals surface area contributed by atoms with Gasteiger partial charge in [-0.3, -0.25) is 0 Å². The molecule has 162 valence electrons. The Kier molecular flexibility index (Phi) is 8.14. The normalized spacial score (nSPS) is 13.3. The fourth-order valence-electron chi connectivity index (χ4n) is 2.74. The Balaban J connectivity index is 2.39. The number of hydrogen-bond donors (Lipinski definition) is 2. The first-order chi connectivity index (χ1) is 14.1. The molecule has 0 aliphatic carbocycles. The maximum Gasteiger partial charge on any atom is 0.421 e. The number of carbonyl (C=O) groups excluding carboxylic acids is 1. The lowest BCUT2D eigenvalue weighted by atomic mass is 10.0. The van der Waals surface area contributed by atoms with Gasteiger partial charge in [-0.2, -0.15) is 0 Å². The molecule has 2 N–H and O–H groups in total. The number of phenols is 1. The number of carboxylic acid groups (broad SMARTS) is 1. The van der Waals surface area contributed by atoms with Crippen molar-refractivity contribution in [1.82, 2.24) is 4.31 Å². The molecule has 0 heterocycles. The van der Waals surface area contributed by atoms with E-state index in [4.69, 9.17) is 9.47 Å². The van der Waals surface area contributed by atoms with E-state index in [2.05, 4.69) is 0 Å². The summed E-state index contributed by atoms with van der Waals surface area (Å²) in [6, 6.07) is 14.1. The van der Waals surface area contributed by atoms with Crippen LogP contribution in [-0.4, -0.2) is 45.3 Å². The minimum absolute atomic E-state index is 0.0444. The van der Waals surface area contributed by atoms with Crippen LogP contribution >= 0.6 is 11.9 Å². The van der Waals surface area contributed by atoms with Crippen molar-refractivity contribution >= 4 is 24.0 Å². The van der Waals surface area contributed by atoms with Crippen molar-refractivity contribution in [3.63, 3.8) is 0 Å². The molecule has 0 saturated heterocycles. The zero-order valence-electron chi connectivity index (χ0n) is 17.4. The van der Waals surface area contributed by atoms with Gasteiger partial charge in [-0.15, -0.1) is 0 Å². The zero-order chi connectivity index (χ0) is 22.3. The average molecular weight is 434 g/mol. The topological polar surface area (TPSA) is 96.3 Å². The summed E-state index contributed by atoms with van der Waals surface area (Å²) in [5.41, 5.74) is 0.641. The number of carbonyl (C=O) groups is 2. The Morgan fingerprint density at radius 3 is 2.17 bits per heavy atom. The number of aliphatic carboxylic acids is 1. The van der Waals surface area contributed by atoms with Gasteiger partial charge in [-0.25, -0.2) is 13.9 Å². The monoisotopic (exact) mass is 433 g/mol. The lowest BCUT2D eigenvalue weighted by molar-refractivity contribution is -0.146. The third kappa shape index (κ3) is 6.67. The molecule has 0 aliphatic rings. The number of phenolic OH excluding ortho intramolecular Hbond substituents is 1. The van der Waals surface area contributed by atoms with E-state index in [-0.39, 0.29) is 5.75 Å². The number of rotatable bonds is 8. The van der Waals surface area contributed by atoms with Crippen LogP contribution in [-0.2, 0) is 20.0 Å². The van der Waals surface area contributed by atoms with Crippen LogP contribution in [0.25, 0.3) is 0 Å². The highest BCUT2D eigenvalue weighted by molar-refractivity contribution is 7.96. The minimum Gasteiger partial charge on any atom is -0.508 e. The number of methoxy groups -OCH3 is 1. The molecule has 2 rings (SSSR count). The molecule has 0 saturated carbocycles. The van der Waals surface area contributed by atoms with Crippen molar-refractivity contribution in [3.8, 4) is 5.75 Å². The van der Waals surface area contributed by atoms with Crippen LogP contribution in [0.15, 0.2) is 54.6 Å². The lowest BCUT2D eigenvalue weighted by Crippen LogP contribution is -2.47. The average Bonchev–Trinajstić information content (AvgIpc) is 2.67. The summed E-state index contributed by atoms with van der Waals surface area (Å²) in [5, 5.41) is 19.6. The molecule has 1 unspecified atom stereocenters. The summed E-state index contributed by atoms with van der Waals surface area (Å²) in [5.74, 6) is -0.820. The highest BCUT2D eigenvalue weighted by Gasteiger charge is 2.40. The smallest absolute Gasteiger partial charge is 0.421 e.